The van der Waals surface area contributed by atoms with Gasteiger partial charge in [-0.05, 0) is 25.2 Å². The van der Waals surface area contributed by atoms with Gasteiger partial charge in [-0.1, -0.05) is 19.3 Å². The second kappa shape index (κ2) is 10.5. The van der Waals surface area contributed by atoms with E-state index in [1.54, 1.807) is 19.0 Å². The van der Waals surface area contributed by atoms with Crippen LogP contribution in [0.5, 0.6) is 0 Å². The number of likely N-dealkylation sites (N-methyl/N-ethyl adjacent to an activating group) is 1. The average Bonchev–Trinajstić information content (AvgIpc) is 3.02. The van der Waals surface area contributed by atoms with Crippen LogP contribution in [0.4, 0.5) is 0 Å². The number of hydrogen-bond acceptors (Lipinski definition) is 3. The Morgan fingerprint density at radius 3 is 2.63 bits per heavy atom. The van der Waals surface area contributed by atoms with Crippen molar-refractivity contribution < 1.29 is 9.59 Å². The Labute approximate surface area is 179 Å². The Morgan fingerprint density at radius 1 is 1.19 bits per heavy atom. The number of halogens is 1. The molecule has 1 N–H and O–H groups in total. The molecule has 0 bridgehead atoms. The molecule has 0 aromatic rings. The van der Waals surface area contributed by atoms with Crippen molar-refractivity contribution >= 4 is 41.8 Å². The summed E-state index contributed by atoms with van der Waals surface area (Å²) in [5.41, 5.74) is 0. The van der Waals surface area contributed by atoms with Gasteiger partial charge in [0.1, 0.15) is 6.54 Å². The largest absolute Gasteiger partial charge is 0.356 e. The van der Waals surface area contributed by atoms with Crippen LogP contribution in [0.25, 0.3) is 0 Å². The molecule has 1 unspecified atom stereocenters. The maximum atomic E-state index is 12.0. The topological polar surface area (TPSA) is 68.2 Å². The first-order valence-corrected chi connectivity index (χ1v) is 10.1. The van der Waals surface area contributed by atoms with Crippen LogP contribution in [-0.2, 0) is 9.59 Å². The van der Waals surface area contributed by atoms with Crippen LogP contribution in [-0.4, -0.2) is 85.3 Å². The van der Waals surface area contributed by atoms with Crippen molar-refractivity contribution in [3.8, 4) is 0 Å². The van der Waals surface area contributed by atoms with Gasteiger partial charge >= 0.3 is 0 Å². The number of carbonyl (C=O) groups is 2. The predicted molar refractivity (Wildman–Crippen MR) is 117 cm³/mol. The number of amides is 2. The summed E-state index contributed by atoms with van der Waals surface area (Å²) in [7, 11) is 3.52. The molecule has 2 saturated heterocycles. The van der Waals surface area contributed by atoms with Gasteiger partial charge in [0.15, 0.2) is 5.96 Å². The van der Waals surface area contributed by atoms with E-state index in [-0.39, 0.29) is 42.3 Å². The van der Waals surface area contributed by atoms with Gasteiger partial charge in [-0.15, -0.1) is 24.0 Å². The first kappa shape index (κ1) is 22.2. The lowest BCUT2D eigenvalue weighted by Gasteiger charge is -2.39. The zero-order valence-electron chi connectivity index (χ0n) is 16.7. The molecule has 3 aliphatic rings. The molecule has 0 aromatic heterocycles. The van der Waals surface area contributed by atoms with Gasteiger partial charge in [0.05, 0.1) is 0 Å². The summed E-state index contributed by atoms with van der Waals surface area (Å²) < 4.78 is 0. The molecule has 0 spiro atoms. The Kier molecular flexibility index (Phi) is 8.62. The normalized spacial score (nSPS) is 23.7. The molecule has 8 heteroatoms. The average molecular weight is 491 g/mol. The number of aliphatic imine (C=N–C) groups is 1. The Morgan fingerprint density at radius 2 is 1.93 bits per heavy atom. The van der Waals surface area contributed by atoms with E-state index in [4.69, 9.17) is 0 Å². The van der Waals surface area contributed by atoms with E-state index >= 15 is 0 Å². The van der Waals surface area contributed by atoms with Gasteiger partial charge in [-0.3, -0.25) is 9.59 Å². The van der Waals surface area contributed by atoms with Crippen molar-refractivity contribution in [2.75, 3.05) is 46.8 Å². The number of carbonyl (C=O) groups excluding carboxylic acids is 2. The smallest absolute Gasteiger partial charge is 0.243 e. The second-order valence-electron chi connectivity index (χ2n) is 8.04. The van der Waals surface area contributed by atoms with Crippen LogP contribution in [0.3, 0.4) is 0 Å². The van der Waals surface area contributed by atoms with Crippen molar-refractivity contribution in [1.29, 1.82) is 0 Å². The molecule has 2 amide bonds. The lowest BCUT2D eigenvalue weighted by Crippen LogP contribution is -2.56. The molecule has 3 fully saturated rings. The summed E-state index contributed by atoms with van der Waals surface area (Å²) in [6, 6.07) is 0.294. The summed E-state index contributed by atoms with van der Waals surface area (Å²) in [5.74, 6) is 1.83. The molecule has 0 aromatic carbocycles. The van der Waals surface area contributed by atoms with E-state index in [9.17, 15) is 9.59 Å². The first-order valence-electron chi connectivity index (χ1n) is 10.1. The fourth-order valence-corrected chi connectivity index (χ4v) is 4.24. The van der Waals surface area contributed by atoms with Gasteiger partial charge < -0.3 is 20.0 Å². The van der Waals surface area contributed by atoms with E-state index in [1.807, 2.05) is 4.90 Å². The van der Waals surface area contributed by atoms with Gasteiger partial charge in [0.25, 0.3) is 0 Å². The zero-order chi connectivity index (χ0) is 18.5. The highest BCUT2D eigenvalue weighted by atomic mass is 127. The lowest BCUT2D eigenvalue weighted by atomic mass is 9.89. The highest BCUT2D eigenvalue weighted by Crippen LogP contribution is 2.24. The number of guanidine groups is 1. The van der Waals surface area contributed by atoms with Crippen LogP contribution >= 0.6 is 24.0 Å². The van der Waals surface area contributed by atoms with Crippen molar-refractivity contribution in [3.63, 3.8) is 0 Å². The van der Waals surface area contributed by atoms with E-state index in [0.29, 0.717) is 18.4 Å². The fourth-order valence-electron chi connectivity index (χ4n) is 4.24. The Hall–Kier alpha value is -1.06. The van der Waals surface area contributed by atoms with Crippen LogP contribution < -0.4 is 5.32 Å². The third-order valence-electron chi connectivity index (χ3n) is 5.93. The monoisotopic (exact) mass is 491 g/mol. The van der Waals surface area contributed by atoms with Crippen LogP contribution in [0.15, 0.2) is 4.99 Å². The molecule has 154 valence electrons. The number of rotatable bonds is 4. The number of nitrogens with one attached hydrogen (secondary N) is 1. The minimum absolute atomic E-state index is 0. The van der Waals surface area contributed by atoms with Gasteiger partial charge in [0.2, 0.25) is 11.8 Å². The molecular weight excluding hydrogens is 457 g/mol. The second-order valence-corrected chi connectivity index (χ2v) is 8.04. The van der Waals surface area contributed by atoms with Crippen molar-refractivity contribution in [2.45, 2.75) is 51.0 Å². The van der Waals surface area contributed by atoms with Crippen LogP contribution in [0, 0.1) is 5.92 Å². The van der Waals surface area contributed by atoms with Gasteiger partial charge in [-0.25, -0.2) is 4.99 Å². The van der Waals surface area contributed by atoms with E-state index in [0.717, 1.165) is 38.6 Å². The third kappa shape index (κ3) is 5.96. The molecule has 2 heterocycles. The van der Waals surface area contributed by atoms with E-state index < -0.39 is 0 Å². The summed E-state index contributed by atoms with van der Waals surface area (Å²) in [6.45, 7) is 3.46. The van der Waals surface area contributed by atoms with Crippen molar-refractivity contribution in [1.82, 2.24) is 20.0 Å². The molecule has 3 rings (SSSR count). The van der Waals surface area contributed by atoms with Crippen LogP contribution in [0.1, 0.15) is 44.9 Å². The summed E-state index contributed by atoms with van der Waals surface area (Å²) >= 11 is 0. The lowest BCUT2D eigenvalue weighted by molar-refractivity contribution is -0.130. The summed E-state index contributed by atoms with van der Waals surface area (Å²) in [6.07, 6.45) is 8.15. The maximum absolute atomic E-state index is 12.0. The number of fused-ring (bicyclic) bond motifs is 1. The molecule has 27 heavy (non-hydrogen) atoms. The Balaban J connectivity index is 0.00000261. The van der Waals surface area contributed by atoms with Crippen molar-refractivity contribution in [3.05, 3.63) is 0 Å². The quantitative estimate of drug-likeness (QED) is 0.368. The van der Waals surface area contributed by atoms with Gasteiger partial charge in [0, 0.05) is 52.7 Å². The van der Waals surface area contributed by atoms with Crippen molar-refractivity contribution in [2.24, 2.45) is 10.9 Å². The zero-order valence-corrected chi connectivity index (χ0v) is 19.0. The predicted octanol–water partition coefficient (Wildman–Crippen LogP) is 1.53. The molecule has 1 saturated carbocycles. The standard InChI is InChI=1S/C19H33N5O2.HI/c1-22(2)18(26)13-21-19(20-12-15-6-4-3-5-7-15)23-10-11-24-16(14-23)8-9-17(24)25;/h15-16H,3-14H2,1-2H3,(H,20,21);1H. The van der Waals surface area contributed by atoms with Crippen LogP contribution in [0.2, 0.25) is 0 Å². The molecule has 0 radical (unpaired) electrons. The molecular formula is C19H34IN5O2. The molecule has 1 atom stereocenters. The Bertz CT molecular complexity index is 548. The number of piperazine rings is 1. The van der Waals surface area contributed by atoms with Gasteiger partial charge in [-0.2, -0.15) is 0 Å². The minimum atomic E-state index is 0. The maximum Gasteiger partial charge on any atom is 0.243 e. The SMILES string of the molecule is CN(C)C(=O)CN=C(NCC1CCCCC1)N1CCN2C(=O)CCC2C1.I. The number of hydrogen-bond donors (Lipinski definition) is 1. The van der Waals surface area contributed by atoms with E-state index in [2.05, 4.69) is 15.2 Å². The highest BCUT2D eigenvalue weighted by molar-refractivity contribution is 14.0. The molecule has 7 nitrogen and oxygen atoms in total. The molecule has 2 aliphatic heterocycles. The third-order valence-corrected chi connectivity index (χ3v) is 5.93. The number of nitrogens with zero attached hydrogens (tertiary/aromatic N) is 4. The molecule has 1 aliphatic carbocycles. The fraction of sp³-hybridized carbons (Fsp3) is 0.842. The van der Waals surface area contributed by atoms with E-state index in [1.165, 1.54) is 32.1 Å². The first-order chi connectivity index (χ1) is 12.5. The highest BCUT2D eigenvalue weighted by Gasteiger charge is 2.36. The minimum Gasteiger partial charge on any atom is -0.356 e. The summed E-state index contributed by atoms with van der Waals surface area (Å²) in [4.78, 5) is 34.4. The summed E-state index contributed by atoms with van der Waals surface area (Å²) in [5, 5.41) is 3.55.